The molecule has 0 spiro atoms. The van der Waals surface area contributed by atoms with E-state index in [0.717, 1.165) is 35.0 Å². The standard InChI is InChI=1S/C18H20N4O/c1-4-15-9-17(21-13(3)20-15)19-10-16-11-23-18(22-16)14-7-5-12(2)6-8-14/h5-9,11H,4,10H2,1-3H3,(H,19,20,21). The summed E-state index contributed by atoms with van der Waals surface area (Å²) in [6, 6.07) is 10.1. The van der Waals surface area contributed by atoms with Gasteiger partial charge in [0, 0.05) is 17.3 Å². The van der Waals surface area contributed by atoms with Gasteiger partial charge in [-0.15, -0.1) is 0 Å². The number of hydrogen-bond donors (Lipinski definition) is 1. The summed E-state index contributed by atoms with van der Waals surface area (Å²) in [7, 11) is 0. The van der Waals surface area contributed by atoms with Crippen LogP contribution in [0.25, 0.3) is 11.5 Å². The Bertz CT molecular complexity index is 793. The Kier molecular flexibility index (Phi) is 4.37. The maximum absolute atomic E-state index is 5.56. The quantitative estimate of drug-likeness (QED) is 0.774. The zero-order chi connectivity index (χ0) is 16.2. The van der Waals surface area contributed by atoms with Gasteiger partial charge >= 0.3 is 0 Å². The van der Waals surface area contributed by atoms with E-state index in [9.17, 15) is 0 Å². The summed E-state index contributed by atoms with van der Waals surface area (Å²) in [5.74, 6) is 2.22. The molecule has 1 N–H and O–H groups in total. The fourth-order valence-corrected chi connectivity index (χ4v) is 2.30. The minimum Gasteiger partial charge on any atom is -0.444 e. The Hall–Kier alpha value is -2.69. The van der Waals surface area contributed by atoms with Crippen LogP contribution in [0.1, 0.15) is 29.7 Å². The van der Waals surface area contributed by atoms with E-state index in [2.05, 4.69) is 34.1 Å². The largest absolute Gasteiger partial charge is 0.444 e. The highest BCUT2D eigenvalue weighted by Crippen LogP contribution is 2.19. The van der Waals surface area contributed by atoms with Crippen LogP contribution >= 0.6 is 0 Å². The first-order chi connectivity index (χ1) is 11.1. The second-order valence-electron chi connectivity index (χ2n) is 5.51. The van der Waals surface area contributed by atoms with Gasteiger partial charge in [-0.3, -0.25) is 0 Å². The smallest absolute Gasteiger partial charge is 0.226 e. The predicted octanol–water partition coefficient (Wildman–Crippen LogP) is 3.92. The summed E-state index contributed by atoms with van der Waals surface area (Å²) in [6.45, 7) is 6.60. The molecule has 3 aromatic rings. The molecule has 5 heteroatoms. The molecule has 1 aromatic carbocycles. The summed E-state index contributed by atoms with van der Waals surface area (Å²) in [5.41, 5.74) is 4.07. The molecule has 0 fully saturated rings. The van der Waals surface area contributed by atoms with Crippen molar-refractivity contribution in [1.82, 2.24) is 15.0 Å². The number of oxazole rings is 1. The molecule has 0 aliphatic rings. The first-order valence-electron chi connectivity index (χ1n) is 7.74. The number of aryl methyl sites for hydroxylation is 3. The minimum atomic E-state index is 0.564. The van der Waals surface area contributed by atoms with Crippen molar-refractivity contribution in [2.75, 3.05) is 5.32 Å². The van der Waals surface area contributed by atoms with Crippen LogP contribution in [0.2, 0.25) is 0 Å². The zero-order valence-corrected chi connectivity index (χ0v) is 13.6. The average Bonchev–Trinajstić information content (AvgIpc) is 3.02. The molecular formula is C18H20N4O. The second-order valence-corrected chi connectivity index (χ2v) is 5.51. The molecule has 3 rings (SSSR count). The summed E-state index contributed by atoms with van der Waals surface area (Å²) >= 11 is 0. The molecule has 0 radical (unpaired) electrons. The number of benzene rings is 1. The Labute approximate surface area is 135 Å². The van der Waals surface area contributed by atoms with Crippen LogP contribution in [0.5, 0.6) is 0 Å². The van der Waals surface area contributed by atoms with Crippen molar-refractivity contribution in [2.24, 2.45) is 0 Å². The van der Waals surface area contributed by atoms with Gasteiger partial charge in [-0.1, -0.05) is 24.6 Å². The lowest BCUT2D eigenvalue weighted by atomic mass is 10.1. The Morgan fingerprint density at radius 2 is 1.78 bits per heavy atom. The minimum absolute atomic E-state index is 0.564. The molecule has 0 aliphatic heterocycles. The van der Waals surface area contributed by atoms with Crippen molar-refractivity contribution in [3.05, 3.63) is 59.4 Å². The van der Waals surface area contributed by atoms with Crippen molar-refractivity contribution in [3.63, 3.8) is 0 Å². The first-order valence-corrected chi connectivity index (χ1v) is 7.74. The predicted molar refractivity (Wildman–Crippen MR) is 90.1 cm³/mol. The van der Waals surface area contributed by atoms with Crippen LogP contribution in [0.4, 0.5) is 5.82 Å². The highest BCUT2D eigenvalue weighted by molar-refractivity contribution is 5.53. The molecule has 0 saturated heterocycles. The van der Waals surface area contributed by atoms with E-state index in [1.165, 1.54) is 5.56 Å². The zero-order valence-electron chi connectivity index (χ0n) is 13.6. The third kappa shape index (κ3) is 3.74. The molecule has 5 nitrogen and oxygen atoms in total. The van der Waals surface area contributed by atoms with Crippen LogP contribution < -0.4 is 5.32 Å². The lowest BCUT2D eigenvalue weighted by molar-refractivity contribution is 0.573. The number of nitrogens with zero attached hydrogens (tertiary/aromatic N) is 3. The van der Waals surface area contributed by atoms with Crippen molar-refractivity contribution < 1.29 is 4.42 Å². The van der Waals surface area contributed by atoms with Crippen LogP contribution in [0.3, 0.4) is 0 Å². The average molecular weight is 308 g/mol. The van der Waals surface area contributed by atoms with Gasteiger partial charge in [-0.2, -0.15) is 0 Å². The fourth-order valence-electron chi connectivity index (χ4n) is 2.30. The van der Waals surface area contributed by atoms with Gasteiger partial charge in [0.15, 0.2) is 0 Å². The van der Waals surface area contributed by atoms with E-state index >= 15 is 0 Å². The fraction of sp³-hybridized carbons (Fsp3) is 0.278. The monoisotopic (exact) mass is 308 g/mol. The Balaban J connectivity index is 1.70. The van der Waals surface area contributed by atoms with Crippen LogP contribution in [0, 0.1) is 13.8 Å². The van der Waals surface area contributed by atoms with Gasteiger partial charge in [0.2, 0.25) is 5.89 Å². The van der Waals surface area contributed by atoms with E-state index in [4.69, 9.17) is 4.42 Å². The molecule has 2 heterocycles. The number of nitrogens with one attached hydrogen (secondary N) is 1. The maximum Gasteiger partial charge on any atom is 0.226 e. The van der Waals surface area contributed by atoms with Crippen molar-refractivity contribution in [1.29, 1.82) is 0 Å². The normalized spacial score (nSPS) is 10.7. The van der Waals surface area contributed by atoms with Gasteiger partial charge < -0.3 is 9.73 Å². The van der Waals surface area contributed by atoms with Gasteiger partial charge in [-0.25, -0.2) is 15.0 Å². The third-order valence-electron chi connectivity index (χ3n) is 3.55. The maximum atomic E-state index is 5.56. The molecule has 0 amide bonds. The summed E-state index contributed by atoms with van der Waals surface area (Å²) in [5, 5.41) is 3.28. The topological polar surface area (TPSA) is 63.8 Å². The number of rotatable bonds is 5. The van der Waals surface area contributed by atoms with Crippen molar-refractivity contribution >= 4 is 5.82 Å². The molecule has 0 aliphatic carbocycles. The molecule has 2 aromatic heterocycles. The SMILES string of the molecule is CCc1cc(NCc2coc(-c3ccc(C)cc3)n2)nc(C)n1. The number of hydrogen-bond acceptors (Lipinski definition) is 5. The molecule has 23 heavy (non-hydrogen) atoms. The van der Waals surface area contributed by atoms with Gasteiger partial charge in [0.25, 0.3) is 0 Å². The summed E-state index contributed by atoms with van der Waals surface area (Å²) in [4.78, 5) is 13.3. The molecule has 0 saturated carbocycles. The van der Waals surface area contributed by atoms with E-state index < -0.39 is 0 Å². The molecule has 0 atom stereocenters. The molecule has 0 unspecified atom stereocenters. The van der Waals surface area contributed by atoms with Crippen molar-refractivity contribution in [2.45, 2.75) is 33.7 Å². The van der Waals surface area contributed by atoms with Gasteiger partial charge in [-0.05, 0) is 32.4 Å². The summed E-state index contributed by atoms with van der Waals surface area (Å²) < 4.78 is 5.56. The molecule has 118 valence electrons. The second kappa shape index (κ2) is 6.60. The van der Waals surface area contributed by atoms with E-state index in [1.54, 1.807) is 6.26 Å². The highest BCUT2D eigenvalue weighted by Gasteiger charge is 2.07. The highest BCUT2D eigenvalue weighted by atomic mass is 16.3. The van der Waals surface area contributed by atoms with Gasteiger partial charge in [0.05, 0.1) is 12.2 Å². The first kappa shape index (κ1) is 15.2. The van der Waals surface area contributed by atoms with Crippen LogP contribution in [-0.4, -0.2) is 15.0 Å². The molecular weight excluding hydrogens is 288 g/mol. The lowest BCUT2D eigenvalue weighted by Gasteiger charge is -2.06. The third-order valence-corrected chi connectivity index (χ3v) is 3.55. The number of aromatic nitrogens is 3. The van der Waals surface area contributed by atoms with Gasteiger partial charge in [0.1, 0.15) is 17.9 Å². The number of anilines is 1. The van der Waals surface area contributed by atoms with Crippen LogP contribution in [0.15, 0.2) is 41.0 Å². The van der Waals surface area contributed by atoms with E-state index in [-0.39, 0.29) is 0 Å². The van der Waals surface area contributed by atoms with E-state index in [0.29, 0.717) is 12.4 Å². The van der Waals surface area contributed by atoms with E-state index in [1.807, 2.05) is 37.3 Å². The Morgan fingerprint density at radius 1 is 1.00 bits per heavy atom. The van der Waals surface area contributed by atoms with Crippen LogP contribution in [-0.2, 0) is 13.0 Å². The Morgan fingerprint density at radius 3 is 2.52 bits per heavy atom. The summed E-state index contributed by atoms with van der Waals surface area (Å²) in [6.07, 6.45) is 2.57. The lowest BCUT2D eigenvalue weighted by Crippen LogP contribution is -2.05. The molecule has 0 bridgehead atoms. The van der Waals surface area contributed by atoms with Crippen molar-refractivity contribution in [3.8, 4) is 11.5 Å².